The van der Waals surface area contributed by atoms with Gasteiger partial charge in [0, 0.05) is 25.7 Å². The van der Waals surface area contributed by atoms with Crippen molar-refractivity contribution < 1.29 is 14.3 Å². The molecule has 2 heterocycles. The second kappa shape index (κ2) is 7.50. The number of carbonyl (C=O) groups is 2. The number of aromatic nitrogens is 2. The zero-order valence-corrected chi connectivity index (χ0v) is 16.3. The molecular weight excluding hydrogens is 370 g/mol. The van der Waals surface area contributed by atoms with Gasteiger partial charge in [0.25, 0.3) is 11.5 Å². The second-order valence-corrected chi connectivity index (χ2v) is 7.10. The highest BCUT2D eigenvalue weighted by molar-refractivity contribution is 5.99. The number of aryl methyl sites for hydroxylation is 1. The average Bonchev–Trinajstić information content (AvgIpc) is 3.21. The number of rotatable bonds is 4. The van der Waals surface area contributed by atoms with E-state index in [0.29, 0.717) is 23.1 Å². The van der Waals surface area contributed by atoms with Gasteiger partial charge in [0.1, 0.15) is 5.82 Å². The van der Waals surface area contributed by atoms with Crippen LogP contribution in [-0.4, -0.2) is 34.6 Å². The van der Waals surface area contributed by atoms with Gasteiger partial charge in [-0.1, -0.05) is 18.2 Å². The maximum Gasteiger partial charge on any atom is 0.338 e. The maximum absolute atomic E-state index is 12.6. The molecule has 0 bridgehead atoms. The molecule has 0 fully saturated rings. The molecule has 148 valence electrons. The summed E-state index contributed by atoms with van der Waals surface area (Å²) < 4.78 is 7.05. The minimum Gasteiger partial charge on any atom is -0.449 e. The maximum atomic E-state index is 12.6. The lowest BCUT2D eigenvalue weighted by Gasteiger charge is -2.21. The van der Waals surface area contributed by atoms with Crippen molar-refractivity contribution >= 4 is 28.5 Å². The minimum atomic E-state index is -0.956. The van der Waals surface area contributed by atoms with Crippen molar-refractivity contribution in [3.05, 3.63) is 70.3 Å². The van der Waals surface area contributed by atoms with Gasteiger partial charge in [-0.15, -0.1) is 0 Å². The number of fused-ring (bicyclic) bond motifs is 2. The first-order valence-corrected chi connectivity index (χ1v) is 9.53. The van der Waals surface area contributed by atoms with Crippen molar-refractivity contribution in [1.29, 1.82) is 0 Å². The highest BCUT2D eigenvalue weighted by Gasteiger charge is 2.24. The van der Waals surface area contributed by atoms with Crippen molar-refractivity contribution in [3.63, 3.8) is 0 Å². The van der Waals surface area contributed by atoms with Crippen LogP contribution < -0.4 is 10.5 Å². The van der Waals surface area contributed by atoms with E-state index in [1.54, 1.807) is 35.9 Å². The number of carbonyl (C=O) groups excluding carboxylic acids is 2. The number of esters is 1. The molecule has 1 unspecified atom stereocenters. The van der Waals surface area contributed by atoms with Crippen LogP contribution in [-0.2, 0) is 22.5 Å². The summed E-state index contributed by atoms with van der Waals surface area (Å²) >= 11 is 0. The Kier molecular flexibility index (Phi) is 4.88. The number of para-hydroxylation sites is 1. The van der Waals surface area contributed by atoms with E-state index in [1.807, 2.05) is 18.2 Å². The topological polar surface area (TPSA) is 81.5 Å². The lowest BCUT2D eigenvalue weighted by molar-refractivity contribution is -0.126. The smallest absolute Gasteiger partial charge is 0.338 e. The van der Waals surface area contributed by atoms with Crippen LogP contribution in [0.4, 0.5) is 5.69 Å². The summed E-state index contributed by atoms with van der Waals surface area (Å²) in [5.41, 5.74) is 1.35. The largest absolute Gasteiger partial charge is 0.449 e. The number of anilines is 1. The number of hydrogen-bond donors (Lipinski definition) is 0. The summed E-state index contributed by atoms with van der Waals surface area (Å²) in [5, 5.41) is 0.472. The lowest BCUT2D eigenvalue weighted by Crippen LogP contribution is -2.37. The van der Waals surface area contributed by atoms with E-state index in [9.17, 15) is 14.4 Å². The average molecular weight is 391 g/mol. The molecule has 0 saturated carbocycles. The first-order valence-electron chi connectivity index (χ1n) is 9.53. The van der Waals surface area contributed by atoms with E-state index in [4.69, 9.17) is 4.74 Å². The van der Waals surface area contributed by atoms with Crippen LogP contribution in [0.25, 0.3) is 10.9 Å². The van der Waals surface area contributed by atoms with E-state index >= 15 is 0 Å². The molecule has 0 radical (unpaired) electrons. The number of benzene rings is 2. The third kappa shape index (κ3) is 3.51. The molecule has 3 aromatic rings. The van der Waals surface area contributed by atoms with Crippen molar-refractivity contribution in [2.45, 2.75) is 32.4 Å². The van der Waals surface area contributed by atoms with Crippen molar-refractivity contribution in [2.24, 2.45) is 0 Å². The van der Waals surface area contributed by atoms with Crippen molar-refractivity contribution in [1.82, 2.24) is 9.55 Å². The number of likely N-dealkylation sites (N-methyl/N-ethyl adjacent to an activating group) is 1. The molecule has 7 nitrogen and oxygen atoms in total. The van der Waals surface area contributed by atoms with Gasteiger partial charge in [-0.05, 0) is 43.7 Å². The van der Waals surface area contributed by atoms with Crippen molar-refractivity contribution in [3.8, 4) is 0 Å². The molecule has 7 heteroatoms. The number of nitrogens with zero attached hydrogens (tertiary/aromatic N) is 3. The van der Waals surface area contributed by atoms with Gasteiger partial charge < -0.3 is 9.64 Å². The number of ether oxygens (including phenoxy) is 1. The Hall–Kier alpha value is -3.48. The molecule has 2 aromatic carbocycles. The molecule has 0 spiro atoms. The molecular formula is C22H21N3O4. The molecule has 0 saturated heterocycles. The first-order chi connectivity index (χ1) is 14.0. The van der Waals surface area contributed by atoms with Crippen LogP contribution in [0.5, 0.6) is 0 Å². The highest BCUT2D eigenvalue weighted by atomic mass is 16.5. The zero-order valence-electron chi connectivity index (χ0n) is 16.3. The Morgan fingerprint density at radius 1 is 1.17 bits per heavy atom. The van der Waals surface area contributed by atoms with Gasteiger partial charge in [-0.2, -0.15) is 0 Å². The third-order valence-electron chi connectivity index (χ3n) is 5.16. The van der Waals surface area contributed by atoms with Gasteiger partial charge in [0.05, 0.1) is 16.5 Å². The predicted octanol–water partition coefficient (Wildman–Crippen LogP) is 2.55. The summed E-state index contributed by atoms with van der Waals surface area (Å²) in [6.45, 7) is 2.22. The van der Waals surface area contributed by atoms with Crippen molar-refractivity contribution in [2.75, 3.05) is 11.9 Å². The molecule has 1 aromatic heterocycles. The summed E-state index contributed by atoms with van der Waals surface area (Å²) in [7, 11) is 1.63. The van der Waals surface area contributed by atoms with E-state index in [0.717, 1.165) is 18.7 Å². The van der Waals surface area contributed by atoms with Gasteiger partial charge in [-0.3, -0.25) is 14.2 Å². The molecule has 4 rings (SSSR count). The van der Waals surface area contributed by atoms with Crippen LogP contribution >= 0.6 is 0 Å². The standard InChI is InChI=1S/C22H21N3O4/c1-14(20(26)24(2)16-7-4-3-5-8-16)29-22(28)15-10-11-17-18(13-15)23-19-9-6-12-25(19)21(17)27/h3-5,7-8,10-11,13-14H,6,9,12H2,1-2H3. The van der Waals surface area contributed by atoms with Crippen LogP contribution in [0.1, 0.15) is 29.5 Å². The van der Waals surface area contributed by atoms with E-state index < -0.39 is 12.1 Å². The van der Waals surface area contributed by atoms with E-state index in [-0.39, 0.29) is 17.0 Å². The fourth-order valence-corrected chi connectivity index (χ4v) is 3.54. The Balaban J connectivity index is 1.53. The predicted molar refractivity (Wildman–Crippen MR) is 109 cm³/mol. The van der Waals surface area contributed by atoms with Crippen LogP contribution in [0, 0.1) is 0 Å². The van der Waals surface area contributed by atoms with Crippen LogP contribution in [0.15, 0.2) is 53.3 Å². The summed E-state index contributed by atoms with van der Waals surface area (Å²) in [4.78, 5) is 43.7. The summed E-state index contributed by atoms with van der Waals surface area (Å²) in [6.07, 6.45) is 0.682. The quantitative estimate of drug-likeness (QED) is 0.639. The molecule has 1 amide bonds. The van der Waals surface area contributed by atoms with Gasteiger partial charge in [-0.25, -0.2) is 9.78 Å². The monoisotopic (exact) mass is 391 g/mol. The third-order valence-corrected chi connectivity index (χ3v) is 5.16. The van der Waals surface area contributed by atoms with E-state index in [2.05, 4.69) is 4.98 Å². The molecule has 1 aliphatic rings. The lowest BCUT2D eigenvalue weighted by atomic mass is 10.1. The SMILES string of the molecule is CC(OC(=O)c1ccc2c(=O)n3c(nc2c1)CCC3)C(=O)N(C)c1ccccc1. The van der Waals surface area contributed by atoms with Gasteiger partial charge in [0.15, 0.2) is 6.10 Å². The Morgan fingerprint density at radius 2 is 1.93 bits per heavy atom. The van der Waals surface area contributed by atoms with Crippen LogP contribution in [0.3, 0.4) is 0 Å². The fourth-order valence-electron chi connectivity index (χ4n) is 3.54. The number of amides is 1. The molecule has 1 aliphatic heterocycles. The molecule has 0 aliphatic carbocycles. The zero-order chi connectivity index (χ0) is 20.5. The first kappa shape index (κ1) is 18.9. The second-order valence-electron chi connectivity index (χ2n) is 7.10. The number of hydrogen-bond acceptors (Lipinski definition) is 5. The molecule has 29 heavy (non-hydrogen) atoms. The van der Waals surface area contributed by atoms with Gasteiger partial charge >= 0.3 is 5.97 Å². The van der Waals surface area contributed by atoms with E-state index in [1.165, 1.54) is 17.9 Å². The summed E-state index contributed by atoms with van der Waals surface area (Å²) in [6, 6.07) is 13.8. The Bertz CT molecular complexity index is 1150. The fraction of sp³-hybridized carbons (Fsp3) is 0.273. The molecule has 0 N–H and O–H groups in total. The van der Waals surface area contributed by atoms with Gasteiger partial charge in [0.2, 0.25) is 0 Å². The molecule has 1 atom stereocenters. The Labute approximate surface area is 167 Å². The minimum absolute atomic E-state index is 0.0875. The normalized spacial score (nSPS) is 13.7. The van der Waals surface area contributed by atoms with Crippen LogP contribution in [0.2, 0.25) is 0 Å². The summed E-state index contributed by atoms with van der Waals surface area (Å²) in [5.74, 6) is -0.225. The highest BCUT2D eigenvalue weighted by Crippen LogP contribution is 2.18. The Morgan fingerprint density at radius 3 is 2.69 bits per heavy atom.